The number of aromatic amines is 1. The molecular weight excluding hydrogens is 264 g/mol. The van der Waals surface area contributed by atoms with Crippen LogP contribution in [0.15, 0.2) is 54.7 Å². The molecule has 0 spiro atoms. The summed E-state index contributed by atoms with van der Waals surface area (Å²) < 4.78 is 4.68. The fraction of sp³-hybridized carbons (Fsp3) is 0.118. The van der Waals surface area contributed by atoms with E-state index in [0.29, 0.717) is 5.56 Å². The van der Waals surface area contributed by atoms with Crippen LogP contribution in [0.2, 0.25) is 0 Å². The molecule has 0 fully saturated rings. The molecule has 0 atom stereocenters. The first-order valence-corrected chi connectivity index (χ1v) is 6.74. The molecule has 21 heavy (non-hydrogen) atoms. The predicted molar refractivity (Wildman–Crippen MR) is 83.4 cm³/mol. The van der Waals surface area contributed by atoms with Gasteiger partial charge in [-0.3, -0.25) is 0 Å². The third-order valence-electron chi connectivity index (χ3n) is 3.42. The largest absolute Gasteiger partial charge is 0.465 e. The molecule has 4 heteroatoms. The number of benzene rings is 2. The average molecular weight is 280 g/mol. The normalized spacial score (nSPS) is 10.5. The van der Waals surface area contributed by atoms with E-state index in [4.69, 9.17) is 0 Å². The van der Waals surface area contributed by atoms with Crippen molar-refractivity contribution in [2.75, 3.05) is 12.4 Å². The molecule has 3 rings (SSSR count). The highest BCUT2D eigenvalue weighted by Gasteiger charge is 2.04. The monoisotopic (exact) mass is 280 g/mol. The minimum Gasteiger partial charge on any atom is -0.465 e. The molecule has 0 amide bonds. The van der Waals surface area contributed by atoms with Gasteiger partial charge in [0.05, 0.1) is 12.7 Å². The van der Waals surface area contributed by atoms with Crippen molar-refractivity contribution < 1.29 is 9.53 Å². The molecule has 0 unspecified atom stereocenters. The number of H-pyrrole nitrogens is 1. The predicted octanol–water partition coefficient (Wildman–Crippen LogP) is 3.57. The second-order valence-corrected chi connectivity index (χ2v) is 4.82. The first-order valence-electron chi connectivity index (χ1n) is 6.74. The van der Waals surface area contributed by atoms with Crippen LogP contribution in [-0.4, -0.2) is 18.1 Å². The molecule has 0 saturated carbocycles. The first kappa shape index (κ1) is 13.2. The van der Waals surface area contributed by atoms with Crippen molar-refractivity contribution in [2.24, 2.45) is 0 Å². The fourth-order valence-electron chi connectivity index (χ4n) is 2.25. The topological polar surface area (TPSA) is 54.1 Å². The van der Waals surface area contributed by atoms with E-state index in [2.05, 4.69) is 39.3 Å². The molecule has 1 heterocycles. The number of hydrogen-bond donors (Lipinski definition) is 2. The number of esters is 1. The number of aromatic nitrogens is 1. The summed E-state index contributed by atoms with van der Waals surface area (Å²) in [6.45, 7) is 0.729. The van der Waals surface area contributed by atoms with Gasteiger partial charge in [0.2, 0.25) is 0 Å². The van der Waals surface area contributed by atoms with Gasteiger partial charge in [-0.25, -0.2) is 4.79 Å². The highest BCUT2D eigenvalue weighted by atomic mass is 16.5. The molecule has 0 aliphatic carbocycles. The summed E-state index contributed by atoms with van der Waals surface area (Å²) in [5.74, 6) is -0.321. The maximum atomic E-state index is 11.4. The number of carbonyl (C=O) groups is 1. The van der Waals surface area contributed by atoms with E-state index >= 15 is 0 Å². The maximum absolute atomic E-state index is 11.4. The summed E-state index contributed by atoms with van der Waals surface area (Å²) in [5, 5.41) is 4.55. The van der Waals surface area contributed by atoms with E-state index in [-0.39, 0.29) is 5.97 Å². The Morgan fingerprint density at radius 2 is 1.95 bits per heavy atom. The van der Waals surface area contributed by atoms with Gasteiger partial charge in [-0.1, -0.05) is 12.1 Å². The number of carbonyl (C=O) groups excluding carboxylic acids is 1. The molecule has 0 aliphatic rings. The summed E-state index contributed by atoms with van der Waals surface area (Å²) in [4.78, 5) is 14.6. The zero-order chi connectivity index (χ0) is 14.7. The summed E-state index contributed by atoms with van der Waals surface area (Å²) in [7, 11) is 1.38. The SMILES string of the molecule is COC(=O)c1ccc(NCc2ccc3cc[nH]c3c2)cc1. The molecule has 0 saturated heterocycles. The van der Waals surface area contributed by atoms with E-state index < -0.39 is 0 Å². The Labute approximate surface area is 122 Å². The van der Waals surface area contributed by atoms with Gasteiger partial charge in [0, 0.05) is 23.9 Å². The van der Waals surface area contributed by atoms with Gasteiger partial charge in [-0.05, 0) is 47.3 Å². The lowest BCUT2D eigenvalue weighted by atomic mass is 10.1. The summed E-state index contributed by atoms with van der Waals surface area (Å²) in [6, 6.07) is 15.6. The van der Waals surface area contributed by atoms with Crippen molar-refractivity contribution in [2.45, 2.75) is 6.54 Å². The van der Waals surface area contributed by atoms with E-state index in [1.54, 1.807) is 12.1 Å². The molecule has 4 nitrogen and oxygen atoms in total. The van der Waals surface area contributed by atoms with Gasteiger partial charge in [-0.15, -0.1) is 0 Å². The number of methoxy groups -OCH3 is 1. The quantitative estimate of drug-likeness (QED) is 0.718. The number of rotatable bonds is 4. The lowest BCUT2D eigenvalue weighted by Crippen LogP contribution is -2.02. The molecule has 1 aromatic heterocycles. The molecule has 0 radical (unpaired) electrons. The van der Waals surface area contributed by atoms with E-state index in [1.165, 1.54) is 18.1 Å². The standard InChI is InChI=1S/C17H16N2O2/c1-21-17(20)14-4-6-15(7-5-14)19-11-12-2-3-13-8-9-18-16(13)10-12/h2-10,18-19H,11H2,1H3. The van der Waals surface area contributed by atoms with Crippen molar-refractivity contribution in [3.8, 4) is 0 Å². The molecule has 2 aromatic carbocycles. The lowest BCUT2D eigenvalue weighted by Gasteiger charge is -2.07. The van der Waals surface area contributed by atoms with E-state index in [1.807, 2.05) is 18.3 Å². The number of fused-ring (bicyclic) bond motifs is 1. The van der Waals surface area contributed by atoms with Gasteiger partial charge in [-0.2, -0.15) is 0 Å². The van der Waals surface area contributed by atoms with Crippen LogP contribution in [0, 0.1) is 0 Å². The van der Waals surface area contributed by atoms with Crippen molar-refractivity contribution in [3.63, 3.8) is 0 Å². The minimum atomic E-state index is -0.321. The van der Waals surface area contributed by atoms with Crippen molar-refractivity contribution in [1.82, 2.24) is 4.98 Å². The Morgan fingerprint density at radius 1 is 1.14 bits per heavy atom. The van der Waals surface area contributed by atoms with Crippen LogP contribution >= 0.6 is 0 Å². The minimum absolute atomic E-state index is 0.321. The van der Waals surface area contributed by atoms with Gasteiger partial charge >= 0.3 is 5.97 Å². The molecule has 0 aliphatic heterocycles. The number of anilines is 1. The van der Waals surface area contributed by atoms with Gasteiger partial charge in [0.1, 0.15) is 0 Å². The Kier molecular flexibility index (Phi) is 3.60. The first-order chi connectivity index (χ1) is 10.3. The summed E-state index contributed by atoms with van der Waals surface area (Å²) >= 11 is 0. The van der Waals surface area contributed by atoms with Crippen LogP contribution in [0.25, 0.3) is 10.9 Å². The highest BCUT2D eigenvalue weighted by molar-refractivity contribution is 5.89. The summed E-state index contributed by atoms with van der Waals surface area (Å²) in [6.07, 6.45) is 1.94. The van der Waals surface area contributed by atoms with Crippen molar-refractivity contribution in [3.05, 3.63) is 65.9 Å². The second-order valence-electron chi connectivity index (χ2n) is 4.82. The van der Waals surface area contributed by atoms with E-state index in [9.17, 15) is 4.79 Å². The smallest absolute Gasteiger partial charge is 0.337 e. The van der Waals surface area contributed by atoms with Gasteiger partial charge < -0.3 is 15.0 Å². The van der Waals surface area contributed by atoms with Crippen LogP contribution < -0.4 is 5.32 Å². The Bertz CT molecular complexity index is 760. The van der Waals surface area contributed by atoms with Crippen LogP contribution in [0.4, 0.5) is 5.69 Å². The second kappa shape index (κ2) is 5.71. The van der Waals surface area contributed by atoms with E-state index in [0.717, 1.165) is 17.7 Å². The molecular formula is C17H16N2O2. The highest BCUT2D eigenvalue weighted by Crippen LogP contribution is 2.16. The Hall–Kier alpha value is -2.75. The molecule has 2 N–H and O–H groups in total. The maximum Gasteiger partial charge on any atom is 0.337 e. The van der Waals surface area contributed by atoms with Crippen molar-refractivity contribution in [1.29, 1.82) is 0 Å². The van der Waals surface area contributed by atoms with Gasteiger partial charge in [0.25, 0.3) is 0 Å². The summed E-state index contributed by atoms with van der Waals surface area (Å²) in [5.41, 5.74) is 3.85. The number of nitrogens with one attached hydrogen (secondary N) is 2. The zero-order valence-corrected chi connectivity index (χ0v) is 11.7. The van der Waals surface area contributed by atoms with Crippen LogP contribution in [0.5, 0.6) is 0 Å². The Morgan fingerprint density at radius 3 is 2.71 bits per heavy atom. The van der Waals surface area contributed by atoms with Crippen LogP contribution in [0.3, 0.4) is 0 Å². The number of hydrogen-bond acceptors (Lipinski definition) is 3. The van der Waals surface area contributed by atoms with Crippen molar-refractivity contribution >= 4 is 22.6 Å². The number of ether oxygens (including phenoxy) is 1. The molecule has 106 valence electrons. The third kappa shape index (κ3) is 2.89. The van der Waals surface area contributed by atoms with Gasteiger partial charge in [0.15, 0.2) is 0 Å². The van der Waals surface area contributed by atoms with Crippen LogP contribution in [0.1, 0.15) is 15.9 Å². The Balaban J connectivity index is 1.67. The van der Waals surface area contributed by atoms with Crippen LogP contribution in [-0.2, 0) is 11.3 Å². The fourth-order valence-corrected chi connectivity index (χ4v) is 2.25. The average Bonchev–Trinajstić information content (AvgIpc) is 3.00. The lowest BCUT2D eigenvalue weighted by molar-refractivity contribution is 0.0601. The molecule has 3 aromatic rings. The molecule has 0 bridgehead atoms. The zero-order valence-electron chi connectivity index (χ0n) is 11.7. The third-order valence-corrected chi connectivity index (χ3v) is 3.42.